The molecule has 1 atom stereocenters. The molecule has 0 aliphatic heterocycles. The van der Waals surface area contributed by atoms with Crippen LogP contribution in [0.1, 0.15) is 26.3 Å². The Hall–Kier alpha value is -2.86. The molecule has 0 aromatic heterocycles. The third-order valence-electron chi connectivity index (χ3n) is 3.51. The first-order valence-corrected chi connectivity index (χ1v) is 11.1. The molecule has 31 heavy (non-hydrogen) atoms. The number of alkyl carbamates (subject to hydrolysis) is 2. The van der Waals surface area contributed by atoms with Crippen LogP contribution in [-0.2, 0) is 35.6 Å². The maximum atomic E-state index is 12.2. The molecule has 0 aliphatic rings. The van der Waals surface area contributed by atoms with Gasteiger partial charge >= 0.3 is 18.2 Å². The molecule has 12 heteroatoms. The number of methoxy groups -OCH3 is 1. The van der Waals surface area contributed by atoms with Crippen molar-refractivity contribution >= 4 is 28.2 Å². The highest BCUT2D eigenvalue weighted by atomic mass is 32.2. The van der Waals surface area contributed by atoms with Crippen molar-refractivity contribution in [3.63, 3.8) is 0 Å². The van der Waals surface area contributed by atoms with Crippen LogP contribution < -0.4 is 15.4 Å². The van der Waals surface area contributed by atoms with Gasteiger partial charge in [0.05, 0.1) is 12.9 Å². The number of nitrogens with one attached hydrogen (secondary N) is 3. The van der Waals surface area contributed by atoms with Gasteiger partial charge in [0.15, 0.2) is 0 Å². The summed E-state index contributed by atoms with van der Waals surface area (Å²) in [5, 5.41) is 4.62. The largest absolute Gasteiger partial charge is 0.468 e. The Bertz CT molecular complexity index is 837. The molecule has 0 spiro atoms. The molecule has 0 radical (unpaired) electrons. The smallest absolute Gasteiger partial charge is 0.407 e. The number of esters is 1. The normalized spacial score (nSPS) is 12.4. The van der Waals surface area contributed by atoms with Crippen LogP contribution in [0.25, 0.3) is 0 Å². The fraction of sp³-hybridized carbons (Fsp3) is 0.526. The quantitative estimate of drug-likeness (QED) is 0.345. The highest BCUT2D eigenvalue weighted by molar-refractivity contribution is 7.89. The summed E-state index contributed by atoms with van der Waals surface area (Å²) < 4.78 is 41.2. The average molecular weight is 460 g/mol. The average Bonchev–Trinajstić information content (AvgIpc) is 2.68. The lowest BCUT2D eigenvalue weighted by Gasteiger charge is -2.21. The summed E-state index contributed by atoms with van der Waals surface area (Å²) in [6, 6.07) is 7.60. The Kier molecular flexibility index (Phi) is 10.2. The summed E-state index contributed by atoms with van der Waals surface area (Å²) in [4.78, 5) is 35.3. The summed E-state index contributed by atoms with van der Waals surface area (Å²) in [5.74, 6) is -1.41. The minimum Gasteiger partial charge on any atom is -0.468 e. The Morgan fingerprint density at radius 1 is 1.03 bits per heavy atom. The highest BCUT2D eigenvalue weighted by Gasteiger charge is 2.27. The molecule has 174 valence electrons. The van der Waals surface area contributed by atoms with Crippen LogP contribution in [0.2, 0.25) is 0 Å². The summed E-state index contributed by atoms with van der Waals surface area (Å²) in [6.45, 7) is 4.38. The van der Waals surface area contributed by atoms with E-state index in [2.05, 4.69) is 20.1 Å². The molecular formula is C19H29N3O8S. The summed E-state index contributed by atoms with van der Waals surface area (Å²) >= 11 is 0. The molecule has 0 fully saturated rings. The number of amides is 2. The number of hydrogen-bond acceptors (Lipinski definition) is 8. The minimum atomic E-state index is -3.99. The van der Waals surface area contributed by atoms with Crippen molar-refractivity contribution in [3.8, 4) is 0 Å². The van der Waals surface area contributed by atoms with Crippen LogP contribution in [0.3, 0.4) is 0 Å². The van der Waals surface area contributed by atoms with Gasteiger partial charge in [0.1, 0.15) is 18.2 Å². The SMILES string of the molecule is COC(=O)[C@H](CNC(=O)OC(C)(C)C)NS(=O)(=O)CCNC(=O)OCc1ccccc1. The molecule has 0 saturated heterocycles. The molecule has 1 rings (SSSR count). The molecule has 0 saturated carbocycles. The summed E-state index contributed by atoms with van der Waals surface area (Å²) in [5.41, 5.74) is 0.0239. The van der Waals surface area contributed by atoms with Gasteiger partial charge in [-0.25, -0.2) is 18.0 Å². The van der Waals surface area contributed by atoms with Crippen molar-refractivity contribution in [3.05, 3.63) is 35.9 Å². The van der Waals surface area contributed by atoms with Crippen LogP contribution in [0.15, 0.2) is 30.3 Å². The van der Waals surface area contributed by atoms with Crippen molar-refractivity contribution in [2.75, 3.05) is 26.0 Å². The van der Waals surface area contributed by atoms with Gasteiger partial charge in [-0.3, -0.25) is 4.79 Å². The van der Waals surface area contributed by atoms with E-state index >= 15 is 0 Å². The lowest BCUT2D eigenvalue weighted by Crippen LogP contribution is -2.50. The van der Waals surface area contributed by atoms with Gasteiger partial charge < -0.3 is 24.8 Å². The van der Waals surface area contributed by atoms with Gasteiger partial charge in [-0.15, -0.1) is 0 Å². The predicted octanol–water partition coefficient (Wildman–Crippen LogP) is 0.899. The number of carbonyl (C=O) groups excluding carboxylic acids is 3. The lowest BCUT2D eigenvalue weighted by atomic mass is 10.2. The van der Waals surface area contributed by atoms with E-state index in [1.165, 1.54) is 0 Å². The third kappa shape index (κ3) is 11.8. The van der Waals surface area contributed by atoms with Gasteiger partial charge in [0.2, 0.25) is 10.0 Å². The van der Waals surface area contributed by atoms with Gasteiger partial charge in [-0.2, -0.15) is 4.72 Å². The van der Waals surface area contributed by atoms with Crippen molar-refractivity contribution in [2.45, 2.75) is 39.0 Å². The van der Waals surface area contributed by atoms with Crippen molar-refractivity contribution in [1.29, 1.82) is 0 Å². The maximum absolute atomic E-state index is 12.2. The monoisotopic (exact) mass is 459 g/mol. The number of hydrogen-bond donors (Lipinski definition) is 3. The van der Waals surface area contributed by atoms with Crippen molar-refractivity contribution in [2.24, 2.45) is 0 Å². The number of sulfonamides is 1. The predicted molar refractivity (Wildman–Crippen MR) is 112 cm³/mol. The fourth-order valence-corrected chi connectivity index (χ4v) is 3.25. The highest BCUT2D eigenvalue weighted by Crippen LogP contribution is 2.06. The molecule has 1 aromatic carbocycles. The van der Waals surface area contributed by atoms with Crippen LogP contribution in [-0.4, -0.2) is 64.2 Å². The first-order chi connectivity index (χ1) is 14.4. The van der Waals surface area contributed by atoms with Gasteiger partial charge in [-0.05, 0) is 26.3 Å². The van der Waals surface area contributed by atoms with Crippen LogP contribution in [0.5, 0.6) is 0 Å². The maximum Gasteiger partial charge on any atom is 0.407 e. The molecule has 2 amide bonds. The number of ether oxygens (including phenoxy) is 3. The first kappa shape index (κ1) is 26.2. The Balaban J connectivity index is 2.48. The Morgan fingerprint density at radius 2 is 1.68 bits per heavy atom. The number of benzene rings is 1. The molecule has 3 N–H and O–H groups in total. The second-order valence-electron chi connectivity index (χ2n) is 7.38. The molecule has 0 bridgehead atoms. The molecular weight excluding hydrogens is 430 g/mol. The van der Waals surface area contributed by atoms with E-state index in [0.29, 0.717) is 0 Å². The topological polar surface area (TPSA) is 149 Å². The molecule has 0 aliphatic carbocycles. The number of carbonyl (C=O) groups is 3. The van der Waals surface area contributed by atoms with Gasteiger partial charge in [-0.1, -0.05) is 30.3 Å². The Labute approximate surface area is 181 Å². The van der Waals surface area contributed by atoms with E-state index in [1.54, 1.807) is 45.0 Å². The van der Waals surface area contributed by atoms with E-state index in [9.17, 15) is 22.8 Å². The van der Waals surface area contributed by atoms with E-state index in [-0.39, 0.29) is 19.7 Å². The second-order valence-corrected chi connectivity index (χ2v) is 9.26. The standard InChI is InChI=1S/C19H29N3O8S/c1-19(2,3)30-18(25)21-12-15(16(23)28-4)22-31(26,27)11-10-20-17(24)29-13-14-8-6-5-7-9-14/h5-9,15,22H,10-13H2,1-4H3,(H,20,24)(H,21,25)/t15-/m0/s1. The Morgan fingerprint density at radius 3 is 2.26 bits per heavy atom. The van der Waals surface area contributed by atoms with Gasteiger partial charge in [0, 0.05) is 13.1 Å². The van der Waals surface area contributed by atoms with E-state index in [1.807, 2.05) is 6.07 Å². The number of rotatable bonds is 10. The lowest BCUT2D eigenvalue weighted by molar-refractivity contribution is -0.142. The van der Waals surface area contributed by atoms with Crippen molar-refractivity contribution < 1.29 is 37.0 Å². The zero-order chi connectivity index (χ0) is 23.5. The molecule has 0 unspecified atom stereocenters. The molecule has 11 nitrogen and oxygen atoms in total. The van der Waals surface area contributed by atoms with Crippen LogP contribution in [0.4, 0.5) is 9.59 Å². The second kappa shape index (κ2) is 12.1. The van der Waals surface area contributed by atoms with E-state index in [4.69, 9.17) is 9.47 Å². The van der Waals surface area contributed by atoms with E-state index < -0.39 is 45.6 Å². The fourth-order valence-electron chi connectivity index (χ4n) is 2.15. The van der Waals surface area contributed by atoms with Crippen LogP contribution >= 0.6 is 0 Å². The minimum absolute atomic E-state index is 0.0401. The first-order valence-electron chi connectivity index (χ1n) is 9.41. The van der Waals surface area contributed by atoms with Crippen molar-refractivity contribution in [1.82, 2.24) is 15.4 Å². The van der Waals surface area contributed by atoms with Crippen LogP contribution in [0, 0.1) is 0 Å². The van der Waals surface area contributed by atoms with E-state index in [0.717, 1.165) is 12.7 Å². The van der Waals surface area contributed by atoms with Gasteiger partial charge in [0.25, 0.3) is 0 Å². The summed E-state index contributed by atoms with van der Waals surface area (Å²) in [7, 11) is -2.91. The zero-order valence-electron chi connectivity index (χ0n) is 18.0. The molecule has 0 heterocycles. The summed E-state index contributed by atoms with van der Waals surface area (Å²) in [6.07, 6.45) is -1.60. The third-order valence-corrected chi connectivity index (χ3v) is 4.90. The zero-order valence-corrected chi connectivity index (χ0v) is 18.8. The molecule has 1 aromatic rings.